The summed E-state index contributed by atoms with van der Waals surface area (Å²) in [5, 5.41) is 20.9. The van der Waals surface area contributed by atoms with E-state index in [2.05, 4.69) is 20.5 Å². The average Bonchev–Trinajstić information content (AvgIpc) is 3.12. The lowest BCUT2D eigenvalue weighted by Crippen LogP contribution is -2.23. The fourth-order valence-corrected chi connectivity index (χ4v) is 3.79. The molecular formula is C20H21N5O3S. The Bertz CT molecular complexity index is 1060. The first-order chi connectivity index (χ1) is 13.8. The number of nitrogens with one attached hydrogen (secondary N) is 2. The highest BCUT2D eigenvalue weighted by atomic mass is 32.2. The Morgan fingerprint density at radius 3 is 2.52 bits per heavy atom. The Morgan fingerprint density at radius 2 is 1.86 bits per heavy atom. The molecule has 1 atom stereocenters. The van der Waals surface area contributed by atoms with Gasteiger partial charge in [-0.2, -0.15) is 0 Å². The number of hydrogen-bond acceptors (Lipinski definition) is 6. The van der Waals surface area contributed by atoms with E-state index in [4.69, 9.17) is 0 Å². The van der Waals surface area contributed by atoms with Gasteiger partial charge in [0.25, 0.3) is 5.69 Å². The standard InChI is InChI=1S/C20H21N5O3S/c1-11-9-12(2)17(13(3)10-11)21-19(26)14(4)29-20-22-18(23-24-20)15-7-5-6-8-16(15)25(27)28/h5-10,14H,1-4H3,(H,21,26)(H,22,23,24). The van der Waals surface area contributed by atoms with Crippen molar-refractivity contribution in [2.45, 2.75) is 38.1 Å². The molecule has 1 heterocycles. The number of carbonyl (C=O) groups is 1. The third-order valence-corrected chi connectivity index (χ3v) is 5.36. The maximum absolute atomic E-state index is 12.6. The van der Waals surface area contributed by atoms with E-state index in [-0.39, 0.29) is 17.4 Å². The molecule has 0 aliphatic heterocycles. The maximum Gasteiger partial charge on any atom is 0.280 e. The van der Waals surface area contributed by atoms with Crippen LogP contribution in [0.1, 0.15) is 23.6 Å². The average molecular weight is 411 g/mol. The first-order valence-electron chi connectivity index (χ1n) is 8.98. The monoisotopic (exact) mass is 411 g/mol. The molecule has 0 spiro atoms. The van der Waals surface area contributed by atoms with Gasteiger partial charge in [0.2, 0.25) is 11.1 Å². The highest BCUT2D eigenvalue weighted by Gasteiger charge is 2.21. The zero-order valence-electron chi connectivity index (χ0n) is 16.5. The molecule has 3 rings (SSSR count). The van der Waals surface area contributed by atoms with Crippen LogP contribution in [-0.4, -0.2) is 31.3 Å². The van der Waals surface area contributed by atoms with Gasteiger partial charge in [-0.15, -0.1) is 5.10 Å². The molecule has 1 aromatic heterocycles. The molecule has 0 radical (unpaired) electrons. The van der Waals surface area contributed by atoms with Gasteiger partial charge in [-0.3, -0.25) is 20.0 Å². The molecule has 0 saturated heterocycles. The van der Waals surface area contributed by atoms with Crippen LogP contribution >= 0.6 is 11.8 Å². The van der Waals surface area contributed by atoms with Gasteiger partial charge in [0.15, 0.2) is 5.82 Å². The summed E-state index contributed by atoms with van der Waals surface area (Å²) in [5.74, 6) is 0.125. The molecule has 2 N–H and O–H groups in total. The molecule has 0 saturated carbocycles. The van der Waals surface area contributed by atoms with E-state index in [1.54, 1.807) is 25.1 Å². The number of aromatic amines is 1. The van der Waals surface area contributed by atoms with Crippen LogP contribution in [0.5, 0.6) is 0 Å². The SMILES string of the molecule is Cc1cc(C)c(NC(=O)C(C)Sc2n[nH]c(-c3ccccc3[N+](=O)[O-])n2)c(C)c1. The van der Waals surface area contributed by atoms with Crippen LogP contribution in [-0.2, 0) is 4.79 Å². The predicted molar refractivity (Wildman–Crippen MR) is 113 cm³/mol. The van der Waals surface area contributed by atoms with Crippen molar-refractivity contribution >= 4 is 29.0 Å². The van der Waals surface area contributed by atoms with E-state index in [1.807, 2.05) is 32.9 Å². The van der Waals surface area contributed by atoms with Gasteiger partial charge in [-0.25, -0.2) is 4.98 Å². The first kappa shape index (κ1) is 20.5. The van der Waals surface area contributed by atoms with E-state index in [0.717, 1.165) is 22.4 Å². The summed E-state index contributed by atoms with van der Waals surface area (Å²) in [7, 11) is 0. The largest absolute Gasteiger partial charge is 0.325 e. The number of nitro benzene ring substituents is 1. The predicted octanol–water partition coefficient (Wildman–Crippen LogP) is 4.42. The van der Waals surface area contributed by atoms with Gasteiger partial charge in [0, 0.05) is 11.8 Å². The van der Waals surface area contributed by atoms with E-state index in [0.29, 0.717) is 10.7 Å². The highest BCUT2D eigenvalue weighted by molar-refractivity contribution is 8.00. The summed E-state index contributed by atoms with van der Waals surface area (Å²) in [4.78, 5) is 27.7. The fraction of sp³-hybridized carbons (Fsp3) is 0.250. The van der Waals surface area contributed by atoms with Crippen molar-refractivity contribution in [3.63, 3.8) is 0 Å². The van der Waals surface area contributed by atoms with Crippen molar-refractivity contribution < 1.29 is 9.72 Å². The Kier molecular flexibility index (Phi) is 5.97. The maximum atomic E-state index is 12.6. The number of thioether (sulfide) groups is 1. The third-order valence-electron chi connectivity index (χ3n) is 4.40. The number of H-pyrrole nitrogens is 1. The minimum atomic E-state index is -0.465. The van der Waals surface area contributed by atoms with Crippen LogP contribution in [0.3, 0.4) is 0 Å². The Hall–Kier alpha value is -3.20. The summed E-state index contributed by atoms with van der Waals surface area (Å²) >= 11 is 1.18. The summed E-state index contributed by atoms with van der Waals surface area (Å²) in [6, 6.07) is 10.3. The van der Waals surface area contributed by atoms with Crippen molar-refractivity contribution in [1.82, 2.24) is 15.2 Å². The number of rotatable bonds is 6. The van der Waals surface area contributed by atoms with Crippen molar-refractivity contribution in [3.8, 4) is 11.4 Å². The number of para-hydroxylation sites is 1. The number of aryl methyl sites for hydroxylation is 3. The number of hydrogen-bond donors (Lipinski definition) is 2. The van der Waals surface area contributed by atoms with Crippen molar-refractivity contribution in [3.05, 3.63) is 63.2 Å². The minimum Gasteiger partial charge on any atom is -0.325 e. The van der Waals surface area contributed by atoms with Gasteiger partial charge in [-0.05, 0) is 44.9 Å². The number of aromatic nitrogens is 3. The number of nitrogens with zero attached hydrogens (tertiary/aromatic N) is 3. The van der Waals surface area contributed by atoms with Crippen molar-refractivity contribution in [1.29, 1.82) is 0 Å². The summed E-state index contributed by atoms with van der Waals surface area (Å²) < 4.78 is 0. The minimum absolute atomic E-state index is 0.0590. The molecule has 3 aromatic rings. The molecule has 9 heteroatoms. The highest BCUT2D eigenvalue weighted by Crippen LogP contribution is 2.29. The van der Waals surface area contributed by atoms with E-state index < -0.39 is 10.2 Å². The topological polar surface area (TPSA) is 114 Å². The van der Waals surface area contributed by atoms with E-state index in [9.17, 15) is 14.9 Å². The molecule has 0 bridgehead atoms. The summed E-state index contributed by atoms with van der Waals surface area (Å²) in [5.41, 5.74) is 4.25. The first-order valence-corrected chi connectivity index (χ1v) is 9.85. The fourth-order valence-electron chi connectivity index (χ4n) is 3.07. The van der Waals surface area contributed by atoms with Gasteiger partial charge < -0.3 is 5.32 Å². The van der Waals surface area contributed by atoms with E-state index >= 15 is 0 Å². The Labute approximate surface area is 172 Å². The molecule has 0 fully saturated rings. The Morgan fingerprint density at radius 1 is 1.21 bits per heavy atom. The van der Waals surface area contributed by atoms with Crippen LogP contribution in [0.25, 0.3) is 11.4 Å². The number of benzene rings is 2. The third kappa shape index (κ3) is 4.62. The molecule has 150 valence electrons. The van der Waals surface area contributed by atoms with Gasteiger partial charge >= 0.3 is 0 Å². The normalized spacial score (nSPS) is 11.9. The molecule has 1 unspecified atom stereocenters. The smallest absolute Gasteiger partial charge is 0.280 e. The van der Waals surface area contributed by atoms with Crippen LogP contribution < -0.4 is 5.32 Å². The lowest BCUT2D eigenvalue weighted by molar-refractivity contribution is -0.384. The number of amides is 1. The number of anilines is 1. The van der Waals surface area contributed by atoms with Gasteiger partial charge in [0.05, 0.1) is 15.7 Å². The quantitative estimate of drug-likeness (QED) is 0.352. The lowest BCUT2D eigenvalue weighted by Gasteiger charge is -2.15. The second-order valence-electron chi connectivity index (χ2n) is 6.76. The second-order valence-corrected chi connectivity index (χ2v) is 8.07. The molecule has 1 amide bonds. The molecule has 0 aliphatic carbocycles. The van der Waals surface area contributed by atoms with Crippen LogP contribution in [0.2, 0.25) is 0 Å². The second kappa shape index (κ2) is 8.44. The molecule has 8 nitrogen and oxygen atoms in total. The zero-order chi connectivity index (χ0) is 21.1. The molecule has 0 aliphatic rings. The Balaban J connectivity index is 1.73. The number of nitro groups is 1. The zero-order valence-corrected chi connectivity index (χ0v) is 17.3. The van der Waals surface area contributed by atoms with Crippen molar-refractivity contribution in [2.24, 2.45) is 0 Å². The summed E-state index contributed by atoms with van der Waals surface area (Å²) in [6.45, 7) is 7.70. The van der Waals surface area contributed by atoms with Crippen LogP contribution in [0.15, 0.2) is 41.6 Å². The van der Waals surface area contributed by atoms with Crippen molar-refractivity contribution in [2.75, 3.05) is 5.32 Å². The van der Waals surface area contributed by atoms with Gasteiger partial charge in [-0.1, -0.05) is 41.6 Å². The molecular weight excluding hydrogens is 390 g/mol. The van der Waals surface area contributed by atoms with Crippen LogP contribution in [0, 0.1) is 30.9 Å². The van der Waals surface area contributed by atoms with Gasteiger partial charge in [0.1, 0.15) is 0 Å². The molecule has 2 aromatic carbocycles. The summed E-state index contributed by atoms with van der Waals surface area (Å²) in [6.07, 6.45) is 0. The number of carbonyl (C=O) groups excluding carboxylic acids is 1. The lowest BCUT2D eigenvalue weighted by atomic mass is 10.1. The van der Waals surface area contributed by atoms with Crippen LogP contribution in [0.4, 0.5) is 11.4 Å². The van der Waals surface area contributed by atoms with E-state index in [1.165, 1.54) is 17.8 Å². The molecule has 29 heavy (non-hydrogen) atoms.